The summed E-state index contributed by atoms with van der Waals surface area (Å²) in [6, 6.07) is 0. The average molecular weight is 247 g/mol. The number of nitrogens with one attached hydrogen (secondary N) is 1. The van der Waals surface area contributed by atoms with Crippen molar-refractivity contribution in [2.75, 3.05) is 26.2 Å². The molecule has 94 valence electrons. The lowest BCUT2D eigenvalue weighted by Gasteiger charge is -2.34. The Kier molecular flexibility index (Phi) is 5.56. The molecule has 2 aliphatic rings. The molecule has 16 heavy (non-hydrogen) atoms. The van der Waals surface area contributed by atoms with E-state index in [1.54, 1.807) is 0 Å². The molecule has 0 saturated carbocycles. The highest BCUT2D eigenvalue weighted by molar-refractivity contribution is 5.85. The van der Waals surface area contributed by atoms with Crippen molar-refractivity contribution in [3.05, 3.63) is 0 Å². The number of carbonyl (C=O) groups is 1. The van der Waals surface area contributed by atoms with Crippen LogP contribution in [0.5, 0.6) is 0 Å². The van der Waals surface area contributed by atoms with Gasteiger partial charge >= 0.3 is 0 Å². The Morgan fingerprint density at radius 3 is 2.19 bits per heavy atom. The van der Waals surface area contributed by atoms with Gasteiger partial charge in [-0.2, -0.15) is 0 Å². The van der Waals surface area contributed by atoms with Crippen LogP contribution in [-0.2, 0) is 4.79 Å². The molecule has 0 aliphatic carbocycles. The summed E-state index contributed by atoms with van der Waals surface area (Å²) in [6.45, 7) is 6.13. The summed E-state index contributed by atoms with van der Waals surface area (Å²) in [5, 5.41) is 3.24. The summed E-state index contributed by atoms with van der Waals surface area (Å²) in [5.74, 6) is 1.20. The van der Waals surface area contributed by atoms with Gasteiger partial charge < -0.3 is 10.2 Å². The van der Waals surface area contributed by atoms with E-state index in [1.807, 2.05) is 0 Å². The molecule has 2 rings (SSSR count). The maximum absolute atomic E-state index is 12.2. The molecule has 0 bridgehead atoms. The topological polar surface area (TPSA) is 32.3 Å². The third-order valence-electron chi connectivity index (χ3n) is 3.83. The molecule has 0 radical (unpaired) electrons. The zero-order valence-electron chi connectivity index (χ0n) is 10.1. The molecule has 1 unspecified atom stereocenters. The zero-order chi connectivity index (χ0) is 10.7. The molecule has 2 fully saturated rings. The van der Waals surface area contributed by atoms with Gasteiger partial charge in [-0.05, 0) is 31.8 Å². The van der Waals surface area contributed by atoms with Crippen LogP contribution in [0.15, 0.2) is 0 Å². The van der Waals surface area contributed by atoms with Crippen LogP contribution in [0.1, 0.15) is 32.6 Å². The first-order valence-electron chi connectivity index (χ1n) is 6.28. The molecule has 0 aromatic heterocycles. The number of nitrogens with zero attached hydrogens (tertiary/aromatic N) is 1. The van der Waals surface area contributed by atoms with Gasteiger partial charge in [-0.15, -0.1) is 12.4 Å². The van der Waals surface area contributed by atoms with Crippen molar-refractivity contribution in [1.82, 2.24) is 10.2 Å². The molecule has 4 heteroatoms. The van der Waals surface area contributed by atoms with Gasteiger partial charge in [-0.25, -0.2) is 0 Å². The van der Waals surface area contributed by atoms with E-state index in [0.717, 1.165) is 26.2 Å². The summed E-state index contributed by atoms with van der Waals surface area (Å²) in [7, 11) is 0. The highest BCUT2D eigenvalue weighted by Crippen LogP contribution is 2.20. The fourth-order valence-electron chi connectivity index (χ4n) is 2.45. The second kappa shape index (κ2) is 6.45. The molecule has 0 spiro atoms. The van der Waals surface area contributed by atoms with Gasteiger partial charge in [-0.1, -0.05) is 19.8 Å². The molecule has 0 aromatic carbocycles. The predicted molar refractivity (Wildman–Crippen MR) is 67.8 cm³/mol. The van der Waals surface area contributed by atoms with E-state index in [9.17, 15) is 4.79 Å². The van der Waals surface area contributed by atoms with Gasteiger partial charge in [0.2, 0.25) is 5.91 Å². The van der Waals surface area contributed by atoms with Crippen molar-refractivity contribution in [3.63, 3.8) is 0 Å². The highest BCUT2D eigenvalue weighted by atomic mass is 35.5. The lowest BCUT2D eigenvalue weighted by atomic mass is 9.88. The van der Waals surface area contributed by atoms with Crippen molar-refractivity contribution in [2.24, 2.45) is 11.8 Å². The second-order valence-electron chi connectivity index (χ2n) is 4.95. The number of carbonyl (C=O) groups excluding carboxylic acids is 1. The summed E-state index contributed by atoms with van der Waals surface area (Å²) < 4.78 is 0. The largest absolute Gasteiger partial charge is 0.342 e. The molecule has 0 aromatic rings. The van der Waals surface area contributed by atoms with E-state index in [4.69, 9.17) is 0 Å². The van der Waals surface area contributed by atoms with E-state index < -0.39 is 0 Å². The summed E-state index contributed by atoms with van der Waals surface area (Å²) in [5.41, 5.74) is 0. The molecule has 2 heterocycles. The maximum Gasteiger partial charge on any atom is 0.225 e. The fourth-order valence-corrected chi connectivity index (χ4v) is 2.45. The van der Waals surface area contributed by atoms with Crippen molar-refractivity contribution in [3.8, 4) is 0 Å². The normalized spacial score (nSPS) is 23.9. The van der Waals surface area contributed by atoms with Crippen LogP contribution >= 0.6 is 12.4 Å². The minimum atomic E-state index is 0. The lowest BCUT2D eigenvalue weighted by Crippen LogP contribution is -2.50. The van der Waals surface area contributed by atoms with Crippen LogP contribution in [0, 0.1) is 11.8 Å². The minimum absolute atomic E-state index is 0. The molecule has 1 N–H and O–H groups in total. The van der Waals surface area contributed by atoms with Crippen LogP contribution < -0.4 is 5.32 Å². The van der Waals surface area contributed by atoms with Crippen LogP contribution in [0.4, 0.5) is 0 Å². The van der Waals surface area contributed by atoms with Gasteiger partial charge in [0.05, 0.1) is 0 Å². The number of amides is 1. The van der Waals surface area contributed by atoms with Crippen molar-refractivity contribution in [2.45, 2.75) is 32.6 Å². The van der Waals surface area contributed by atoms with Crippen LogP contribution in [0.3, 0.4) is 0 Å². The van der Waals surface area contributed by atoms with Crippen molar-refractivity contribution >= 4 is 18.3 Å². The maximum atomic E-state index is 12.2. The number of hydrogen-bond acceptors (Lipinski definition) is 2. The standard InChI is InChI=1S/C12H22N2O.ClH/c1-10(11-8-13-9-11)12(15)14-6-4-2-3-5-7-14;/h10-11,13H,2-9H2,1H3;1H. The monoisotopic (exact) mass is 246 g/mol. The molecule has 3 nitrogen and oxygen atoms in total. The van der Waals surface area contributed by atoms with E-state index in [-0.39, 0.29) is 18.3 Å². The molecule has 1 amide bonds. The SMILES string of the molecule is CC(C(=O)N1CCCCCC1)C1CNC1.Cl. The summed E-state index contributed by atoms with van der Waals surface area (Å²) in [6.07, 6.45) is 4.98. The first kappa shape index (κ1) is 13.8. The lowest BCUT2D eigenvalue weighted by molar-refractivity contribution is -0.137. The Morgan fingerprint density at radius 1 is 1.19 bits per heavy atom. The quantitative estimate of drug-likeness (QED) is 0.804. The third-order valence-corrected chi connectivity index (χ3v) is 3.83. The first-order valence-corrected chi connectivity index (χ1v) is 6.28. The van der Waals surface area contributed by atoms with Gasteiger partial charge in [0.1, 0.15) is 0 Å². The van der Waals surface area contributed by atoms with E-state index in [0.29, 0.717) is 11.8 Å². The molecule has 1 atom stereocenters. The third kappa shape index (κ3) is 3.11. The zero-order valence-corrected chi connectivity index (χ0v) is 10.9. The number of halogens is 1. The molecule has 2 aliphatic heterocycles. The summed E-state index contributed by atoms with van der Waals surface area (Å²) in [4.78, 5) is 14.3. The van der Waals surface area contributed by atoms with Gasteiger partial charge in [0.15, 0.2) is 0 Å². The number of hydrogen-bond donors (Lipinski definition) is 1. The highest BCUT2D eigenvalue weighted by Gasteiger charge is 2.31. The fraction of sp³-hybridized carbons (Fsp3) is 0.917. The van der Waals surface area contributed by atoms with E-state index in [1.165, 1.54) is 25.7 Å². The van der Waals surface area contributed by atoms with Gasteiger partial charge in [0, 0.05) is 19.0 Å². The van der Waals surface area contributed by atoms with Crippen molar-refractivity contribution < 1.29 is 4.79 Å². The molecule has 2 saturated heterocycles. The van der Waals surface area contributed by atoms with Crippen LogP contribution in [-0.4, -0.2) is 37.0 Å². The van der Waals surface area contributed by atoms with Gasteiger partial charge in [-0.3, -0.25) is 4.79 Å². The Hall–Kier alpha value is -0.280. The smallest absolute Gasteiger partial charge is 0.225 e. The number of likely N-dealkylation sites (tertiary alicyclic amines) is 1. The van der Waals surface area contributed by atoms with Gasteiger partial charge in [0.25, 0.3) is 0 Å². The predicted octanol–water partition coefficient (Wildman–Crippen LogP) is 1.67. The van der Waals surface area contributed by atoms with Crippen molar-refractivity contribution in [1.29, 1.82) is 0 Å². The van der Waals surface area contributed by atoms with Crippen LogP contribution in [0.25, 0.3) is 0 Å². The first-order chi connectivity index (χ1) is 7.29. The second-order valence-corrected chi connectivity index (χ2v) is 4.95. The Morgan fingerprint density at radius 2 is 1.75 bits per heavy atom. The summed E-state index contributed by atoms with van der Waals surface area (Å²) >= 11 is 0. The average Bonchev–Trinajstić information content (AvgIpc) is 2.41. The van der Waals surface area contributed by atoms with E-state index in [2.05, 4.69) is 17.1 Å². The van der Waals surface area contributed by atoms with Crippen LogP contribution in [0.2, 0.25) is 0 Å². The molecular weight excluding hydrogens is 224 g/mol. The Bertz CT molecular complexity index is 223. The minimum Gasteiger partial charge on any atom is -0.342 e. The number of rotatable bonds is 2. The Balaban J connectivity index is 0.00000128. The molecular formula is C12H23ClN2O. The Labute approximate surface area is 104 Å². The van der Waals surface area contributed by atoms with E-state index >= 15 is 0 Å².